The van der Waals surface area contributed by atoms with E-state index in [1.54, 1.807) is 4.68 Å². The molecule has 1 N–H and O–H groups in total. The predicted octanol–water partition coefficient (Wildman–Crippen LogP) is 2.22. The van der Waals surface area contributed by atoms with Crippen LogP contribution in [0.2, 0.25) is 0 Å². The molecular weight excluding hydrogens is 341 g/mol. The Morgan fingerprint density at radius 3 is 2.72 bits per heavy atom. The molecule has 7 nitrogen and oxygen atoms in total. The van der Waals surface area contributed by atoms with Gasteiger partial charge in [-0.3, -0.25) is 9.48 Å². The molecule has 0 bridgehead atoms. The molecule has 3 heterocycles. The number of hydrazone groups is 1. The van der Waals surface area contributed by atoms with Crippen molar-refractivity contribution in [3.05, 3.63) is 41.1 Å². The van der Waals surface area contributed by atoms with Crippen molar-refractivity contribution in [1.29, 1.82) is 0 Å². The first kappa shape index (κ1) is 17.2. The zero-order valence-electron chi connectivity index (χ0n) is 13.4. The summed E-state index contributed by atoms with van der Waals surface area (Å²) in [6.45, 7) is 3.89. The number of carbonyl (C=O) groups is 1. The Kier molecular flexibility index (Phi) is 3.94. The lowest BCUT2D eigenvalue weighted by Crippen LogP contribution is -2.56. The van der Waals surface area contributed by atoms with Gasteiger partial charge in [0.05, 0.1) is 12.2 Å². The molecule has 0 saturated carbocycles. The number of alkyl halides is 3. The van der Waals surface area contributed by atoms with Crippen LogP contribution >= 0.6 is 0 Å². The lowest BCUT2D eigenvalue weighted by Gasteiger charge is -2.31. The lowest BCUT2D eigenvalue weighted by molar-refractivity contribution is -0.297. The number of aromatic nitrogens is 2. The van der Waals surface area contributed by atoms with E-state index < -0.39 is 24.2 Å². The topological polar surface area (TPSA) is 83.9 Å². The van der Waals surface area contributed by atoms with E-state index in [0.29, 0.717) is 5.76 Å². The Hall–Kier alpha value is -2.62. The number of furan rings is 1. The zero-order chi connectivity index (χ0) is 18.4. The zero-order valence-corrected chi connectivity index (χ0v) is 13.4. The monoisotopic (exact) mass is 356 g/mol. The molecule has 1 aliphatic rings. The molecule has 0 fully saturated rings. The largest absolute Gasteiger partial charge is 0.454 e. The fourth-order valence-electron chi connectivity index (χ4n) is 2.55. The average Bonchev–Trinajstić information content (AvgIpc) is 3.19. The summed E-state index contributed by atoms with van der Waals surface area (Å²) in [7, 11) is 0. The Bertz CT molecular complexity index is 839. The minimum absolute atomic E-state index is 0.00107. The van der Waals surface area contributed by atoms with Gasteiger partial charge in [0, 0.05) is 18.3 Å². The standard InChI is InChI=1S/C15H15F3N4O3/c1-9-7-10(2)21(20-9)8-11-3-4-12(25-11)13(23)22-14(24,5-6-19-22)15(16,17)18/h3-4,6-7,24H,5,8H2,1-2H3/t14-/m1/s1. The van der Waals surface area contributed by atoms with Crippen LogP contribution in [0.1, 0.15) is 34.1 Å². The number of hydrogen-bond acceptors (Lipinski definition) is 5. The molecule has 3 rings (SSSR count). The van der Waals surface area contributed by atoms with Crippen molar-refractivity contribution in [3.8, 4) is 0 Å². The lowest BCUT2D eigenvalue weighted by atomic mass is 10.1. The summed E-state index contributed by atoms with van der Waals surface area (Å²) in [6, 6.07) is 4.57. The van der Waals surface area contributed by atoms with Crippen molar-refractivity contribution in [1.82, 2.24) is 14.8 Å². The Morgan fingerprint density at radius 1 is 1.40 bits per heavy atom. The highest BCUT2D eigenvalue weighted by molar-refractivity contribution is 5.93. The second kappa shape index (κ2) is 5.73. The van der Waals surface area contributed by atoms with Crippen LogP contribution in [-0.2, 0) is 6.54 Å². The van der Waals surface area contributed by atoms with E-state index in [4.69, 9.17) is 4.42 Å². The maximum Gasteiger partial charge on any atom is 0.438 e. The van der Waals surface area contributed by atoms with Crippen molar-refractivity contribution in [2.75, 3.05) is 0 Å². The minimum Gasteiger partial charge on any atom is -0.454 e. The van der Waals surface area contributed by atoms with Gasteiger partial charge in [-0.05, 0) is 32.0 Å². The van der Waals surface area contributed by atoms with E-state index in [2.05, 4.69) is 10.2 Å². The molecule has 0 radical (unpaired) electrons. The van der Waals surface area contributed by atoms with Gasteiger partial charge in [-0.1, -0.05) is 0 Å². The fourth-order valence-corrected chi connectivity index (χ4v) is 2.55. The van der Waals surface area contributed by atoms with E-state index >= 15 is 0 Å². The van der Waals surface area contributed by atoms with Gasteiger partial charge in [0.2, 0.25) is 0 Å². The number of halogens is 3. The van der Waals surface area contributed by atoms with E-state index in [1.165, 1.54) is 12.1 Å². The third kappa shape index (κ3) is 2.93. The molecule has 134 valence electrons. The summed E-state index contributed by atoms with van der Waals surface area (Å²) in [5.74, 6) is -1.18. The predicted molar refractivity (Wildman–Crippen MR) is 79.8 cm³/mol. The minimum atomic E-state index is -5.04. The van der Waals surface area contributed by atoms with Crippen LogP contribution in [-0.4, -0.2) is 43.9 Å². The normalized spacial score (nSPS) is 20.5. The van der Waals surface area contributed by atoms with Crippen LogP contribution in [0.15, 0.2) is 27.7 Å². The average molecular weight is 356 g/mol. The third-order valence-electron chi connectivity index (χ3n) is 3.85. The second-order valence-corrected chi connectivity index (χ2v) is 5.78. The van der Waals surface area contributed by atoms with Crippen molar-refractivity contribution < 1.29 is 27.5 Å². The van der Waals surface area contributed by atoms with Crippen LogP contribution < -0.4 is 0 Å². The maximum atomic E-state index is 13.0. The van der Waals surface area contributed by atoms with Crippen LogP contribution in [0.5, 0.6) is 0 Å². The number of rotatable bonds is 3. The van der Waals surface area contributed by atoms with Crippen molar-refractivity contribution in [2.45, 2.75) is 38.7 Å². The van der Waals surface area contributed by atoms with Gasteiger partial charge in [0.1, 0.15) is 5.76 Å². The van der Waals surface area contributed by atoms with E-state index in [9.17, 15) is 23.1 Å². The van der Waals surface area contributed by atoms with Gasteiger partial charge in [0.15, 0.2) is 5.76 Å². The molecule has 0 aromatic carbocycles. The SMILES string of the molecule is Cc1cc(C)n(Cc2ccc(C(=O)N3N=CC[C@@]3(O)C(F)(F)F)o2)n1. The number of nitrogens with zero attached hydrogens (tertiary/aromatic N) is 4. The Balaban J connectivity index is 1.81. The number of carbonyl (C=O) groups excluding carboxylic acids is 1. The highest BCUT2D eigenvalue weighted by Gasteiger charge is 2.61. The van der Waals surface area contributed by atoms with Crippen molar-refractivity contribution >= 4 is 12.1 Å². The summed E-state index contributed by atoms with van der Waals surface area (Å²) >= 11 is 0. The number of aliphatic hydroxyl groups is 1. The van der Waals surface area contributed by atoms with Gasteiger partial charge >= 0.3 is 12.1 Å². The smallest absolute Gasteiger partial charge is 0.438 e. The van der Waals surface area contributed by atoms with Crippen LogP contribution in [0, 0.1) is 13.8 Å². The molecular formula is C15H15F3N4O3. The first-order chi connectivity index (χ1) is 11.6. The molecule has 10 heteroatoms. The molecule has 2 aromatic rings. The Labute approximate surface area is 140 Å². The summed E-state index contributed by atoms with van der Waals surface area (Å²) < 4.78 is 46.1. The first-order valence-corrected chi connectivity index (χ1v) is 7.38. The molecule has 2 aromatic heterocycles. The Morgan fingerprint density at radius 2 is 2.12 bits per heavy atom. The molecule has 1 aliphatic heterocycles. The quantitative estimate of drug-likeness (QED) is 0.914. The molecule has 0 aliphatic carbocycles. The molecule has 0 unspecified atom stereocenters. The number of amides is 1. The highest BCUT2D eigenvalue weighted by Crippen LogP contribution is 2.39. The summed E-state index contributed by atoms with van der Waals surface area (Å²) in [5.41, 5.74) is -1.69. The van der Waals surface area contributed by atoms with Crippen LogP contribution in [0.25, 0.3) is 0 Å². The van der Waals surface area contributed by atoms with Gasteiger partial charge < -0.3 is 9.52 Å². The van der Waals surface area contributed by atoms with E-state index in [-0.39, 0.29) is 17.3 Å². The van der Waals surface area contributed by atoms with Gasteiger partial charge in [-0.2, -0.15) is 28.4 Å². The van der Waals surface area contributed by atoms with Crippen molar-refractivity contribution in [2.24, 2.45) is 5.10 Å². The van der Waals surface area contributed by atoms with Gasteiger partial charge in [-0.15, -0.1) is 0 Å². The van der Waals surface area contributed by atoms with Gasteiger partial charge in [0.25, 0.3) is 5.72 Å². The second-order valence-electron chi connectivity index (χ2n) is 5.78. The van der Waals surface area contributed by atoms with E-state index in [1.807, 2.05) is 19.9 Å². The molecule has 0 spiro atoms. The molecule has 1 atom stereocenters. The van der Waals surface area contributed by atoms with Crippen LogP contribution in [0.3, 0.4) is 0 Å². The van der Waals surface area contributed by atoms with Crippen molar-refractivity contribution in [3.63, 3.8) is 0 Å². The molecule has 0 saturated heterocycles. The summed E-state index contributed by atoms with van der Waals surface area (Å²) in [5, 5.41) is 17.4. The highest BCUT2D eigenvalue weighted by atomic mass is 19.4. The number of hydrogen-bond donors (Lipinski definition) is 1. The first-order valence-electron chi connectivity index (χ1n) is 7.38. The van der Waals surface area contributed by atoms with Crippen LogP contribution in [0.4, 0.5) is 13.2 Å². The summed E-state index contributed by atoms with van der Waals surface area (Å²) in [6.07, 6.45) is -5.04. The summed E-state index contributed by atoms with van der Waals surface area (Å²) in [4.78, 5) is 12.3. The van der Waals surface area contributed by atoms with E-state index in [0.717, 1.165) is 17.6 Å². The van der Waals surface area contributed by atoms with Gasteiger partial charge in [-0.25, -0.2) is 0 Å². The maximum absolute atomic E-state index is 13.0. The third-order valence-corrected chi connectivity index (χ3v) is 3.85. The molecule has 1 amide bonds. The number of aryl methyl sites for hydroxylation is 2. The fraction of sp³-hybridized carbons (Fsp3) is 0.400. The molecule has 25 heavy (non-hydrogen) atoms.